The number of fused-ring (bicyclic) bond motifs is 1. The Morgan fingerprint density at radius 1 is 1.07 bits per heavy atom. The van der Waals surface area contributed by atoms with Gasteiger partial charge in [0.1, 0.15) is 11.0 Å². The fourth-order valence-electron chi connectivity index (χ4n) is 3.33. The van der Waals surface area contributed by atoms with Crippen molar-refractivity contribution in [2.45, 2.75) is 27.2 Å². The maximum absolute atomic E-state index is 13.1. The normalized spacial score (nSPS) is 11.3. The van der Waals surface area contributed by atoms with Crippen LogP contribution in [-0.2, 0) is 6.42 Å². The topological polar surface area (TPSA) is 96.4 Å². The van der Waals surface area contributed by atoms with Gasteiger partial charge in [0, 0.05) is 34.1 Å². The van der Waals surface area contributed by atoms with Gasteiger partial charge in [-0.25, -0.2) is 9.97 Å². The smallest absolute Gasteiger partial charge is 0.287 e. The quantitative estimate of drug-likeness (QED) is 0.557. The lowest BCUT2D eigenvalue weighted by molar-refractivity contribution is 0.777. The summed E-state index contributed by atoms with van der Waals surface area (Å²) in [5, 5.41) is 3.58. The number of aromatic nitrogens is 5. The third-order valence-corrected chi connectivity index (χ3v) is 4.83. The molecule has 0 bridgehead atoms. The van der Waals surface area contributed by atoms with Gasteiger partial charge >= 0.3 is 0 Å². The summed E-state index contributed by atoms with van der Waals surface area (Å²) < 4.78 is 1.20. The van der Waals surface area contributed by atoms with Crippen LogP contribution in [0.3, 0.4) is 0 Å². The maximum Gasteiger partial charge on any atom is 0.287 e. The molecule has 0 saturated carbocycles. The molecule has 4 rings (SSSR count). The largest absolute Gasteiger partial charge is 0.343 e. The highest BCUT2D eigenvalue weighted by Gasteiger charge is 2.18. The van der Waals surface area contributed by atoms with Gasteiger partial charge in [0.15, 0.2) is 5.43 Å². The van der Waals surface area contributed by atoms with Gasteiger partial charge in [-0.1, -0.05) is 23.7 Å². The lowest BCUT2D eigenvalue weighted by Gasteiger charge is -2.06. The van der Waals surface area contributed by atoms with E-state index in [4.69, 9.17) is 11.6 Å². The predicted molar refractivity (Wildman–Crippen MR) is 109 cm³/mol. The Morgan fingerprint density at radius 3 is 2.46 bits per heavy atom. The number of rotatable bonds is 3. The van der Waals surface area contributed by atoms with Gasteiger partial charge in [0.2, 0.25) is 0 Å². The summed E-state index contributed by atoms with van der Waals surface area (Å²) >= 11 is 6.05. The van der Waals surface area contributed by atoms with Crippen LogP contribution in [0, 0.1) is 20.8 Å². The fourth-order valence-corrected chi connectivity index (χ4v) is 3.55. The molecular formula is C20H18ClN5O2. The van der Waals surface area contributed by atoms with Crippen LogP contribution in [0.5, 0.6) is 0 Å². The second kappa shape index (κ2) is 6.76. The van der Waals surface area contributed by atoms with Gasteiger partial charge in [-0.15, -0.1) is 0 Å². The predicted octanol–water partition coefficient (Wildman–Crippen LogP) is 2.97. The molecule has 4 aromatic rings. The molecule has 1 aromatic carbocycles. The molecule has 142 valence electrons. The van der Waals surface area contributed by atoms with E-state index in [0.717, 1.165) is 17.0 Å². The Bertz CT molecular complexity index is 1310. The fraction of sp³-hybridized carbons (Fsp3) is 0.200. The zero-order valence-electron chi connectivity index (χ0n) is 15.6. The minimum Gasteiger partial charge on any atom is -0.343 e. The Morgan fingerprint density at radius 2 is 1.79 bits per heavy atom. The highest BCUT2D eigenvalue weighted by Crippen LogP contribution is 2.16. The number of benzene rings is 1. The van der Waals surface area contributed by atoms with Crippen molar-refractivity contribution in [1.29, 1.82) is 0 Å². The van der Waals surface area contributed by atoms with E-state index >= 15 is 0 Å². The highest BCUT2D eigenvalue weighted by molar-refractivity contribution is 6.30. The molecule has 0 unspecified atom stereocenters. The molecule has 0 saturated heterocycles. The lowest BCUT2D eigenvalue weighted by atomic mass is 10.0. The third-order valence-electron chi connectivity index (χ3n) is 4.60. The maximum atomic E-state index is 13.1. The first kappa shape index (κ1) is 18.2. The van der Waals surface area contributed by atoms with E-state index in [1.807, 2.05) is 45.0 Å². The number of halogens is 1. The summed E-state index contributed by atoms with van der Waals surface area (Å²) in [6.07, 6.45) is 0.377. The molecular weight excluding hydrogens is 378 g/mol. The number of aromatic amines is 2. The molecule has 28 heavy (non-hydrogen) atoms. The van der Waals surface area contributed by atoms with Crippen molar-refractivity contribution in [3.8, 4) is 5.95 Å². The number of nitrogens with zero attached hydrogens (tertiary/aromatic N) is 3. The van der Waals surface area contributed by atoms with Crippen molar-refractivity contribution in [2.75, 3.05) is 0 Å². The van der Waals surface area contributed by atoms with Gasteiger partial charge in [0.05, 0.1) is 0 Å². The van der Waals surface area contributed by atoms with E-state index in [2.05, 4.69) is 20.1 Å². The van der Waals surface area contributed by atoms with E-state index in [-0.39, 0.29) is 16.8 Å². The van der Waals surface area contributed by atoms with Crippen LogP contribution in [0.1, 0.15) is 28.2 Å². The number of pyridine rings is 1. The van der Waals surface area contributed by atoms with Crippen molar-refractivity contribution in [1.82, 2.24) is 24.7 Å². The minimum atomic E-state index is -0.478. The molecule has 0 aliphatic rings. The van der Waals surface area contributed by atoms with Crippen LogP contribution in [0.15, 0.2) is 39.9 Å². The first-order valence-corrected chi connectivity index (χ1v) is 9.15. The van der Waals surface area contributed by atoms with Gasteiger partial charge in [-0.3, -0.25) is 14.7 Å². The van der Waals surface area contributed by atoms with Gasteiger partial charge in [0.25, 0.3) is 11.5 Å². The van der Waals surface area contributed by atoms with Crippen molar-refractivity contribution in [3.05, 3.63) is 84.1 Å². The monoisotopic (exact) mass is 395 g/mol. The first-order chi connectivity index (χ1) is 13.3. The average molecular weight is 396 g/mol. The molecule has 0 fully saturated rings. The van der Waals surface area contributed by atoms with E-state index < -0.39 is 5.56 Å². The molecule has 0 aliphatic heterocycles. The van der Waals surface area contributed by atoms with Crippen molar-refractivity contribution in [3.63, 3.8) is 0 Å². The van der Waals surface area contributed by atoms with E-state index in [1.54, 1.807) is 6.07 Å². The molecule has 0 aliphatic carbocycles. The molecule has 3 aromatic heterocycles. The summed E-state index contributed by atoms with van der Waals surface area (Å²) in [5.41, 5.74) is 3.14. The van der Waals surface area contributed by atoms with E-state index in [0.29, 0.717) is 28.3 Å². The van der Waals surface area contributed by atoms with Crippen molar-refractivity contribution in [2.24, 2.45) is 0 Å². The number of aryl methyl sites for hydroxylation is 3. The zero-order chi connectivity index (χ0) is 20.0. The molecule has 0 radical (unpaired) electrons. The summed E-state index contributed by atoms with van der Waals surface area (Å²) in [5.74, 6) is 0.209. The standard InChI is InChI=1S/C20H18ClN5O2/c1-10-7-11(2)23-20(22-10)26-19(28)16-17(27)15(12(3)24-18(16)25-26)9-13-5-4-6-14(21)8-13/h4-8H,9H2,1-3H3,(H2,24,25,27). The number of hydrogen-bond acceptors (Lipinski definition) is 4. The average Bonchev–Trinajstić information content (AvgIpc) is 2.94. The van der Waals surface area contributed by atoms with E-state index in [1.165, 1.54) is 4.68 Å². The molecule has 8 heteroatoms. The molecule has 2 N–H and O–H groups in total. The van der Waals surface area contributed by atoms with Crippen molar-refractivity contribution >= 4 is 22.6 Å². The Kier molecular flexibility index (Phi) is 4.39. The summed E-state index contributed by atoms with van der Waals surface area (Å²) in [7, 11) is 0. The Labute approximate surface area is 165 Å². The first-order valence-electron chi connectivity index (χ1n) is 8.77. The SMILES string of the molecule is Cc1cc(C)nc(-n2[nH]c3[nH]c(C)c(Cc4cccc(Cl)c4)c(=O)c3c2=O)n1. The second-order valence-electron chi connectivity index (χ2n) is 6.82. The molecule has 0 spiro atoms. The highest BCUT2D eigenvalue weighted by atomic mass is 35.5. The second-order valence-corrected chi connectivity index (χ2v) is 7.25. The van der Waals surface area contributed by atoms with E-state index in [9.17, 15) is 9.59 Å². The lowest BCUT2D eigenvalue weighted by Crippen LogP contribution is -2.22. The molecule has 7 nitrogen and oxygen atoms in total. The summed E-state index contributed by atoms with van der Waals surface area (Å²) in [4.78, 5) is 37.8. The van der Waals surface area contributed by atoms with Crippen LogP contribution in [0.2, 0.25) is 5.02 Å². The summed E-state index contributed by atoms with van der Waals surface area (Å²) in [6.45, 7) is 5.46. The summed E-state index contributed by atoms with van der Waals surface area (Å²) in [6, 6.07) is 9.13. The van der Waals surface area contributed by atoms with Crippen LogP contribution < -0.4 is 11.0 Å². The van der Waals surface area contributed by atoms with Gasteiger partial charge in [-0.05, 0) is 44.5 Å². The Hall–Kier alpha value is -3.19. The number of H-pyrrole nitrogens is 2. The third kappa shape index (κ3) is 3.14. The number of nitrogens with one attached hydrogen (secondary N) is 2. The van der Waals surface area contributed by atoms with Crippen LogP contribution >= 0.6 is 11.6 Å². The van der Waals surface area contributed by atoms with Crippen LogP contribution in [0.25, 0.3) is 17.0 Å². The van der Waals surface area contributed by atoms with Gasteiger partial charge < -0.3 is 4.98 Å². The molecule has 3 heterocycles. The number of hydrogen-bond donors (Lipinski definition) is 2. The molecule has 0 amide bonds. The van der Waals surface area contributed by atoms with Crippen LogP contribution in [0.4, 0.5) is 0 Å². The zero-order valence-corrected chi connectivity index (χ0v) is 16.4. The van der Waals surface area contributed by atoms with Gasteiger partial charge in [-0.2, -0.15) is 4.68 Å². The van der Waals surface area contributed by atoms with Crippen LogP contribution in [-0.4, -0.2) is 24.7 Å². The Balaban J connectivity index is 1.90. The van der Waals surface area contributed by atoms with Crippen molar-refractivity contribution < 1.29 is 0 Å². The molecule has 0 atom stereocenters. The minimum absolute atomic E-state index is 0.0605.